The molecule has 0 radical (unpaired) electrons. The molecule has 0 unspecified atom stereocenters. The lowest BCUT2D eigenvalue weighted by atomic mass is 10.3. The van der Waals surface area contributed by atoms with Gasteiger partial charge in [-0.15, -0.1) is 0 Å². The van der Waals surface area contributed by atoms with Crippen molar-refractivity contribution in [3.63, 3.8) is 0 Å². The first-order valence-electron chi connectivity index (χ1n) is 14.1. The summed E-state index contributed by atoms with van der Waals surface area (Å²) in [6.45, 7) is 0. The number of nitrogens with zero attached hydrogens (tertiary/aromatic N) is 4. The third-order valence-corrected chi connectivity index (χ3v) is 6.28. The summed E-state index contributed by atoms with van der Waals surface area (Å²) in [5.41, 5.74) is 0.974. The second kappa shape index (κ2) is 16.2. The maximum absolute atomic E-state index is 12.0. The van der Waals surface area contributed by atoms with E-state index in [0.29, 0.717) is 22.7 Å². The van der Waals surface area contributed by atoms with Crippen LogP contribution in [0.2, 0.25) is 0 Å². The van der Waals surface area contributed by atoms with Crippen molar-refractivity contribution in [3.8, 4) is 34.6 Å². The number of aromatic amines is 2. The van der Waals surface area contributed by atoms with Gasteiger partial charge in [-0.05, 0) is 48.5 Å². The van der Waals surface area contributed by atoms with Crippen LogP contribution < -0.4 is 11.1 Å². The normalized spacial score (nSPS) is 10.9. The molecule has 0 aliphatic heterocycles. The molecular weight excluding hydrogens is 636 g/mol. The summed E-state index contributed by atoms with van der Waals surface area (Å²) in [6, 6.07) is 30.8. The number of hydrogen-bond donors (Lipinski definition) is 6. The van der Waals surface area contributed by atoms with Gasteiger partial charge in [0.15, 0.2) is 0 Å². The number of rotatable bonds is 6. The zero-order valence-corrected chi connectivity index (χ0v) is 26.6. The number of hydrogen-bond acceptors (Lipinski definition) is 9. The Bertz CT molecular complexity index is 2010. The first kappa shape index (κ1) is 34.5. The van der Waals surface area contributed by atoms with Crippen molar-refractivity contribution in [3.05, 3.63) is 141 Å². The van der Waals surface area contributed by atoms with Gasteiger partial charge >= 0.3 is 0 Å². The molecule has 0 aliphatic rings. The number of H-pyrrole nitrogens is 2. The summed E-state index contributed by atoms with van der Waals surface area (Å²) in [6.07, 6.45) is 5.73. The Hall–Kier alpha value is -6.41. The Balaban J connectivity index is 0.000000195. The molecular formula is C34H32N6O7S. The first-order valence-corrected chi connectivity index (χ1v) is 16.1. The van der Waals surface area contributed by atoms with Crippen molar-refractivity contribution in [2.45, 2.75) is 0 Å². The van der Waals surface area contributed by atoms with E-state index in [9.17, 15) is 34.2 Å². The van der Waals surface area contributed by atoms with E-state index in [-0.39, 0.29) is 34.4 Å². The molecule has 48 heavy (non-hydrogen) atoms. The van der Waals surface area contributed by atoms with Crippen LogP contribution in [0.1, 0.15) is 11.1 Å². The van der Waals surface area contributed by atoms with Crippen molar-refractivity contribution in [1.82, 2.24) is 19.6 Å². The molecule has 0 fully saturated rings. The van der Waals surface area contributed by atoms with Gasteiger partial charge in [-0.1, -0.05) is 60.7 Å². The van der Waals surface area contributed by atoms with E-state index in [2.05, 4.69) is 20.2 Å². The Morgan fingerprint density at radius 2 is 0.875 bits per heavy atom. The minimum atomic E-state index is -0.611. The van der Waals surface area contributed by atoms with Gasteiger partial charge in [0.05, 0.1) is 11.4 Å². The van der Waals surface area contributed by atoms with E-state index in [1.165, 1.54) is 33.9 Å². The summed E-state index contributed by atoms with van der Waals surface area (Å²) < 4.78 is 12.1. The Morgan fingerprint density at radius 3 is 1.21 bits per heavy atom. The van der Waals surface area contributed by atoms with E-state index in [0.717, 1.165) is 0 Å². The molecule has 4 aromatic carbocycles. The third-order valence-electron chi connectivity index (χ3n) is 6.28. The molecule has 13 nitrogen and oxygen atoms in total. The predicted molar refractivity (Wildman–Crippen MR) is 187 cm³/mol. The zero-order chi connectivity index (χ0) is 34.6. The fourth-order valence-electron chi connectivity index (χ4n) is 4.05. The van der Waals surface area contributed by atoms with E-state index in [1.54, 1.807) is 97.4 Å². The van der Waals surface area contributed by atoms with E-state index in [1.807, 2.05) is 12.1 Å². The topological polar surface area (TPSA) is 198 Å². The number of phenols is 2. The van der Waals surface area contributed by atoms with Crippen LogP contribution in [-0.2, 0) is 10.8 Å². The lowest BCUT2D eigenvalue weighted by Crippen LogP contribution is -2.06. The molecule has 14 heteroatoms. The monoisotopic (exact) mass is 668 g/mol. The highest BCUT2D eigenvalue weighted by atomic mass is 32.2. The average molecular weight is 669 g/mol. The molecule has 0 saturated heterocycles. The lowest BCUT2D eigenvalue weighted by Gasteiger charge is -2.03. The van der Waals surface area contributed by atoms with Gasteiger partial charge in [-0.3, -0.25) is 34.0 Å². The minimum absolute atomic E-state index is 0.00263. The number of benzene rings is 4. The van der Waals surface area contributed by atoms with Crippen LogP contribution in [0.25, 0.3) is 11.4 Å². The highest BCUT2D eigenvalue weighted by Gasteiger charge is 2.14. The smallest absolute Gasteiger partial charge is 0.277 e. The summed E-state index contributed by atoms with van der Waals surface area (Å²) in [5, 5.41) is 44.7. The van der Waals surface area contributed by atoms with Crippen LogP contribution in [0.3, 0.4) is 0 Å². The molecule has 246 valence electrons. The fraction of sp³-hybridized carbons (Fsp3) is 0.0588. The highest BCUT2D eigenvalue weighted by molar-refractivity contribution is 7.83. The van der Waals surface area contributed by atoms with Gasteiger partial charge in [0.25, 0.3) is 11.1 Å². The van der Waals surface area contributed by atoms with Gasteiger partial charge in [-0.2, -0.15) is 0 Å². The van der Waals surface area contributed by atoms with E-state index in [4.69, 9.17) is 0 Å². The van der Waals surface area contributed by atoms with Gasteiger partial charge in [-0.25, -0.2) is 9.36 Å². The van der Waals surface area contributed by atoms with Gasteiger partial charge in [0, 0.05) is 35.7 Å². The molecule has 6 rings (SSSR count). The molecule has 0 bridgehead atoms. The summed E-state index contributed by atoms with van der Waals surface area (Å²) in [5.74, 6) is -0.486. The van der Waals surface area contributed by atoms with E-state index >= 15 is 0 Å². The summed E-state index contributed by atoms with van der Waals surface area (Å²) in [4.78, 5) is 32.0. The molecule has 0 saturated carbocycles. The zero-order valence-electron chi connectivity index (χ0n) is 25.8. The SMILES string of the molecule is CS(C)=O.O=c1[nH]n(-c2ccccc2)c(O)c1C=Nc1ccccc1O.O=c1[nH]n(-c2ccccc2)c(O)c1C=Nc1ccccc1O. The number of aromatic nitrogens is 4. The van der Waals surface area contributed by atoms with Crippen LogP contribution in [0.5, 0.6) is 23.3 Å². The Morgan fingerprint density at radius 1 is 0.562 bits per heavy atom. The van der Waals surface area contributed by atoms with Crippen molar-refractivity contribution in [2.75, 3.05) is 12.5 Å². The lowest BCUT2D eigenvalue weighted by molar-refractivity contribution is 0.432. The Kier molecular flexibility index (Phi) is 11.7. The largest absolute Gasteiger partial charge is 0.506 e. The highest BCUT2D eigenvalue weighted by Crippen LogP contribution is 2.26. The Labute approximate surface area is 276 Å². The average Bonchev–Trinajstić information content (AvgIpc) is 3.53. The first-order chi connectivity index (χ1) is 23.1. The summed E-state index contributed by atoms with van der Waals surface area (Å²) in [7, 11) is -0.611. The van der Waals surface area contributed by atoms with Gasteiger partial charge in [0.1, 0.15) is 34.0 Å². The van der Waals surface area contributed by atoms with Crippen molar-refractivity contribution in [1.29, 1.82) is 0 Å². The van der Waals surface area contributed by atoms with Crippen LogP contribution in [-0.4, -0.2) is 69.1 Å². The number of aliphatic imine (C=N–C) groups is 2. The van der Waals surface area contributed by atoms with Gasteiger partial charge in [0.2, 0.25) is 11.8 Å². The predicted octanol–water partition coefficient (Wildman–Crippen LogP) is 4.65. The number of para-hydroxylation sites is 6. The number of nitrogens with one attached hydrogen (secondary N) is 2. The third kappa shape index (κ3) is 8.86. The van der Waals surface area contributed by atoms with Gasteiger partial charge < -0.3 is 20.4 Å². The molecule has 6 N–H and O–H groups in total. The van der Waals surface area contributed by atoms with Crippen LogP contribution >= 0.6 is 0 Å². The molecule has 2 aromatic heterocycles. The minimum Gasteiger partial charge on any atom is -0.506 e. The second-order valence-electron chi connectivity index (χ2n) is 9.93. The van der Waals surface area contributed by atoms with Crippen molar-refractivity contribution >= 4 is 34.6 Å². The molecule has 2 heterocycles. The van der Waals surface area contributed by atoms with Crippen LogP contribution in [0, 0.1) is 0 Å². The molecule has 0 atom stereocenters. The summed E-state index contributed by atoms with van der Waals surface area (Å²) >= 11 is 0. The van der Waals surface area contributed by atoms with Crippen LogP contribution in [0.4, 0.5) is 11.4 Å². The molecule has 0 spiro atoms. The quantitative estimate of drug-likeness (QED) is 0.139. The number of aromatic hydroxyl groups is 4. The second-order valence-corrected chi connectivity index (χ2v) is 11.4. The van der Waals surface area contributed by atoms with Crippen molar-refractivity contribution < 1.29 is 24.6 Å². The molecule has 0 aliphatic carbocycles. The van der Waals surface area contributed by atoms with Crippen LogP contribution in [0.15, 0.2) is 129 Å². The standard InChI is InChI=1S/2C16H13N3O3.C2H6OS/c2*20-14-9-5-4-8-13(14)17-10-12-15(21)18-19(16(12)22)11-6-2-1-3-7-11;1-4(2)3/h2*1-10,20,22H,(H,18,21);1-2H3. The van der Waals surface area contributed by atoms with Crippen molar-refractivity contribution in [2.24, 2.45) is 9.98 Å². The number of phenolic OH excluding ortho intramolecular Hbond substituents is 2. The maximum Gasteiger partial charge on any atom is 0.277 e. The fourth-order valence-corrected chi connectivity index (χ4v) is 4.05. The van der Waals surface area contributed by atoms with E-state index < -0.39 is 21.9 Å². The molecule has 6 aromatic rings. The molecule has 0 amide bonds. The maximum atomic E-state index is 12.0.